The topological polar surface area (TPSA) is 47.4 Å². The largest absolute Gasteiger partial charge is 0.370 e. The molecule has 3 rings (SSSR count). The molecule has 0 radical (unpaired) electrons. The third-order valence-corrected chi connectivity index (χ3v) is 3.93. The maximum absolute atomic E-state index is 12.4. The van der Waals surface area contributed by atoms with Crippen LogP contribution < -0.4 is 10.5 Å². The first-order valence-electron chi connectivity index (χ1n) is 6.72. The molecule has 1 aromatic heterocycles. The SMILES string of the molecule is CC1CN(c2nccn(C3CC3)c2=O)CC(CCl)O1. The van der Waals surface area contributed by atoms with Gasteiger partial charge >= 0.3 is 0 Å². The molecule has 0 amide bonds. The Morgan fingerprint density at radius 3 is 2.95 bits per heavy atom. The highest BCUT2D eigenvalue weighted by atomic mass is 35.5. The van der Waals surface area contributed by atoms with Crippen LogP contribution in [0.25, 0.3) is 0 Å². The van der Waals surface area contributed by atoms with Crippen LogP contribution in [-0.4, -0.2) is 40.7 Å². The first-order chi connectivity index (χ1) is 9.19. The molecular formula is C13H18ClN3O2. The van der Waals surface area contributed by atoms with Crippen molar-refractivity contribution in [2.24, 2.45) is 0 Å². The zero-order valence-corrected chi connectivity index (χ0v) is 11.7. The van der Waals surface area contributed by atoms with E-state index in [1.54, 1.807) is 17.0 Å². The molecule has 2 unspecified atom stereocenters. The van der Waals surface area contributed by atoms with E-state index in [2.05, 4.69) is 4.98 Å². The number of ether oxygens (including phenoxy) is 1. The Labute approximate surface area is 117 Å². The summed E-state index contributed by atoms with van der Waals surface area (Å²) in [6, 6.07) is 0.372. The van der Waals surface area contributed by atoms with Crippen molar-refractivity contribution in [2.75, 3.05) is 23.9 Å². The highest BCUT2D eigenvalue weighted by Gasteiger charge is 2.30. The molecule has 2 heterocycles. The van der Waals surface area contributed by atoms with Crippen molar-refractivity contribution in [3.05, 3.63) is 22.7 Å². The summed E-state index contributed by atoms with van der Waals surface area (Å²) in [5.74, 6) is 0.962. The summed E-state index contributed by atoms with van der Waals surface area (Å²) in [4.78, 5) is 18.7. The number of hydrogen-bond acceptors (Lipinski definition) is 4. The minimum absolute atomic E-state index is 0.00687. The predicted molar refractivity (Wildman–Crippen MR) is 74.0 cm³/mol. The molecule has 5 nitrogen and oxygen atoms in total. The first kappa shape index (κ1) is 12.9. The van der Waals surface area contributed by atoms with Crippen LogP contribution >= 0.6 is 11.6 Å². The summed E-state index contributed by atoms with van der Waals surface area (Å²) >= 11 is 5.87. The van der Waals surface area contributed by atoms with E-state index < -0.39 is 0 Å². The van der Waals surface area contributed by atoms with Crippen LogP contribution in [0.4, 0.5) is 5.82 Å². The summed E-state index contributed by atoms with van der Waals surface area (Å²) in [6.45, 7) is 3.31. The maximum atomic E-state index is 12.4. The number of morpholine rings is 1. The van der Waals surface area contributed by atoms with E-state index in [1.165, 1.54) is 0 Å². The minimum Gasteiger partial charge on any atom is -0.370 e. The van der Waals surface area contributed by atoms with Gasteiger partial charge in [0, 0.05) is 31.5 Å². The summed E-state index contributed by atoms with van der Waals surface area (Å²) in [6.07, 6.45) is 5.70. The number of nitrogens with zero attached hydrogens (tertiary/aromatic N) is 3. The molecule has 1 saturated heterocycles. The van der Waals surface area contributed by atoms with Gasteiger partial charge in [0.05, 0.1) is 18.1 Å². The van der Waals surface area contributed by atoms with Crippen molar-refractivity contribution < 1.29 is 4.74 Å². The van der Waals surface area contributed by atoms with Gasteiger partial charge in [-0.2, -0.15) is 0 Å². The molecular weight excluding hydrogens is 266 g/mol. The Balaban J connectivity index is 1.88. The normalized spacial score (nSPS) is 27.6. The quantitative estimate of drug-likeness (QED) is 0.787. The molecule has 0 spiro atoms. The average Bonchev–Trinajstić information content (AvgIpc) is 3.22. The average molecular weight is 284 g/mol. The van der Waals surface area contributed by atoms with Gasteiger partial charge in [0.2, 0.25) is 0 Å². The van der Waals surface area contributed by atoms with Crippen LogP contribution in [0.15, 0.2) is 17.2 Å². The molecule has 19 heavy (non-hydrogen) atoms. The molecule has 0 aromatic carbocycles. The zero-order valence-electron chi connectivity index (χ0n) is 11.0. The zero-order chi connectivity index (χ0) is 13.4. The third-order valence-electron chi connectivity index (χ3n) is 3.59. The molecule has 2 atom stereocenters. The lowest BCUT2D eigenvalue weighted by Gasteiger charge is -2.36. The van der Waals surface area contributed by atoms with Crippen molar-refractivity contribution in [1.82, 2.24) is 9.55 Å². The lowest BCUT2D eigenvalue weighted by atomic mass is 10.2. The Hall–Kier alpha value is -1.07. The molecule has 1 aliphatic carbocycles. The number of halogens is 1. The lowest BCUT2D eigenvalue weighted by Crippen LogP contribution is -2.49. The number of aromatic nitrogens is 2. The van der Waals surface area contributed by atoms with Crippen LogP contribution in [-0.2, 0) is 4.74 Å². The second kappa shape index (κ2) is 5.13. The van der Waals surface area contributed by atoms with E-state index in [-0.39, 0.29) is 17.8 Å². The molecule has 104 valence electrons. The lowest BCUT2D eigenvalue weighted by molar-refractivity contribution is -0.00368. The van der Waals surface area contributed by atoms with E-state index in [0.29, 0.717) is 30.8 Å². The Morgan fingerprint density at radius 2 is 2.26 bits per heavy atom. The van der Waals surface area contributed by atoms with Gasteiger partial charge < -0.3 is 14.2 Å². The van der Waals surface area contributed by atoms with Gasteiger partial charge in [0.25, 0.3) is 5.56 Å². The predicted octanol–water partition coefficient (Wildman–Crippen LogP) is 1.41. The summed E-state index contributed by atoms with van der Waals surface area (Å²) < 4.78 is 7.51. The van der Waals surface area contributed by atoms with Crippen molar-refractivity contribution in [3.8, 4) is 0 Å². The van der Waals surface area contributed by atoms with Crippen LogP contribution in [0.5, 0.6) is 0 Å². The third kappa shape index (κ3) is 2.62. The second-order valence-corrected chi connectivity index (χ2v) is 5.63. The highest BCUT2D eigenvalue weighted by Crippen LogP contribution is 2.33. The van der Waals surface area contributed by atoms with Gasteiger partial charge in [0.15, 0.2) is 5.82 Å². The van der Waals surface area contributed by atoms with E-state index in [1.807, 2.05) is 11.8 Å². The van der Waals surface area contributed by atoms with Crippen LogP contribution in [0, 0.1) is 0 Å². The molecule has 2 fully saturated rings. The number of hydrogen-bond donors (Lipinski definition) is 0. The van der Waals surface area contributed by atoms with E-state index in [9.17, 15) is 4.79 Å². The van der Waals surface area contributed by atoms with Crippen LogP contribution in [0.3, 0.4) is 0 Å². The highest BCUT2D eigenvalue weighted by molar-refractivity contribution is 6.18. The van der Waals surface area contributed by atoms with E-state index in [0.717, 1.165) is 12.8 Å². The van der Waals surface area contributed by atoms with Crippen LogP contribution in [0.1, 0.15) is 25.8 Å². The standard InChI is InChI=1S/C13H18ClN3O2/c1-9-7-16(8-11(6-14)19-9)12-13(18)17(5-4-15-12)10-2-3-10/h4-5,9-11H,2-3,6-8H2,1H3. The van der Waals surface area contributed by atoms with Crippen LogP contribution in [0.2, 0.25) is 0 Å². The molecule has 1 aliphatic heterocycles. The van der Waals surface area contributed by atoms with Gasteiger partial charge in [-0.15, -0.1) is 11.6 Å². The van der Waals surface area contributed by atoms with E-state index in [4.69, 9.17) is 16.3 Å². The van der Waals surface area contributed by atoms with Gasteiger partial charge in [0.1, 0.15) is 0 Å². The molecule has 0 N–H and O–H groups in total. The summed E-state index contributed by atoms with van der Waals surface area (Å²) in [5.41, 5.74) is 0.00687. The van der Waals surface area contributed by atoms with Crippen molar-refractivity contribution >= 4 is 17.4 Å². The number of alkyl halides is 1. The number of rotatable bonds is 3. The molecule has 0 bridgehead atoms. The Kier molecular flexibility index (Phi) is 3.50. The summed E-state index contributed by atoms with van der Waals surface area (Å²) in [7, 11) is 0. The molecule has 2 aliphatic rings. The molecule has 6 heteroatoms. The fraction of sp³-hybridized carbons (Fsp3) is 0.692. The van der Waals surface area contributed by atoms with Gasteiger partial charge in [-0.3, -0.25) is 4.79 Å². The fourth-order valence-electron chi connectivity index (χ4n) is 2.57. The monoisotopic (exact) mass is 283 g/mol. The van der Waals surface area contributed by atoms with Gasteiger partial charge in [-0.1, -0.05) is 0 Å². The molecule has 1 aromatic rings. The first-order valence-corrected chi connectivity index (χ1v) is 7.26. The maximum Gasteiger partial charge on any atom is 0.293 e. The second-order valence-electron chi connectivity index (χ2n) is 5.32. The van der Waals surface area contributed by atoms with Gasteiger partial charge in [-0.05, 0) is 19.8 Å². The smallest absolute Gasteiger partial charge is 0.293 e. The minimum atomic E-state index is -0.0406. The Morgan fingerprint density at radius 1 is 1.47 bits per heavy atom. The van der Waals surface area contributed by atoms with Crippen molar-refractivity contribution in [2.45, 2.75) is 38.0 Å². The van der Waals surface area contributed by atoms with E-state index >= 15 is 0 Å². The Bertz CT molecular complexity index is 515. The van der Waals surface area contributed by atoms with Crippen molar-refractivity contribution in [3.63, 3.8) is 0 Å². The van der Waals surface area contributed by atoms with Gasteiger partial charge in [-0.25, -0.2) is 4.98 Å². The number of anilines is 1. The summed E-state index contributed by atoms with van der Waals surface area (Å²) in [5, 5.41) is 0. The molecule has 1 saturated carbocycles. The van der Waals surface area contributed by atoms with Crippen molar-refractivity contribution in [1.29, 1.82) is 0 Å². The fourth-order valence-corrected chi connectivity index (χ4v) is 2.75.